The maximum atomic E-state index is 13.3. The van der Waals surface area contributed by atoms with Crippen LogP contribution in [0.3, 0.4) is 0 Å². The maximum Gasteiger partial charge on any atom is 0.127 e. The van der Waals surface area contributed by atoms with Crippen molar-refractivity contribution in [2.75, 3.05) is 0 Å². The highest BCUT2D eigenvalue weighted by molar-refractivity contribution is 7.11. The molecule has 0 atom stereocenters. The summed E-state index contributed by atoms with van der Waals surface area (Å²) in [5.74, 6) is -0.141. The smallest absolute Gasteiger partial charge is 0.127 e. The standard InChI is InChI=1S/C13H14FNS/c1-10-6-7-12(16-10)9-15-8-11-4-2-3-5-13(11)14/h2-7,15H,8-9H2,1H3. The van der Waals surface area contributed by atoms with Crippen LogP contribution in [0.1, 0.15) is 15.3 Å². The van der Waals surface area contributed by atoms with Gasteiger partial charge in [-0.15, -0.1) is 11.3 Å². The van der Waals surface area contributed by atoms with Crippen LogP contribution >= 0.6 is 11.3 Å². The maximum absolute atomic E-state index is 13.3. The first-order valence-electron chi connectivity index (χ1n) is 5.25. The normalized spacial score (nSPS) is 10.6. The summed E-state index contributed by atoms with van der Waals surface area (Å²) in [6, 6.07) is 11.1. The number of halogens is 1. The summed E-state index contributed by atoms with van der Waals surface area (Å²) >= 11 is 1.77. The van der Waals surface area contributed by atoms with Gasteiger partial charge in [-0.05, 0) is 25.1 Å². The lowest BCUT2D eigenvalue weighted by atomic mass is 10.2. The molecule has 0 aliphatic heterocycles. The minimum atomic E-state index is -0.141. The molecule has 0 bridgehead atoms. The quantitative estimate of drug-likeness (QED) is 0.855. The van der Waals surface area contributed by atoms with Crippen molar-refractivity contribution < 1.29 is 4.39 Å². The molecule has 0 radical (unpaired) electrons. The van der Waals surface area contributed by atoms with Gasteiger partial charge < -0.3 is 5.32 Å². The Bertz CT molecular complexity index is 464. The molecule has 2 aromatic rings. The third-order valence-corrected chi connectivity index (χ3v) is 3.37. The minimum Gasteiger partial charge on any atom is -0.308 e. The van der Waals surface area contributed by atoms with E-state index in [-0.39, 0.29) is 5.82 Å². The predicted octanol–water partition coefficient (Wildman–Crippen LogP) is 3.49. The Morgan fingerprint density at radius 1 is 1.12 bits per heavy atom. The van der Waals surface area contributed by atoms with Crippen molar-refractivity contribution in [3.63, 3.8) is 0 Å². The van der Waals surface area contributed by atoms with Crippen LogP contribution < -0.4 is 5.32 Å². The number of nitrogens with one attached hydrogen (secondary N) is 1. The fourth-order valence-electron chi connectivity index (χ4n) is 1.54. The van der Waals surface area contributed by atoms with E-state index in [0.29, 0.717) is 6.54 Å². The number of hydrogen-bond acceptors (Lipinski definition) is 2. The van der Waals surface area contributed by atoms with Gasteiger partial charge in [0.2, 0.25) is 0 Å². The summed E-state index contributed by atoms with van der Waals surface area (Å²) in [6.45, 7) is 3.46. The number of aryl methyl sites for hydroxylation is 1. The molecule has 1 aromatic carbocycles. The molecule has 2 rings (SSSR count). The van der Waals surface area contributed by atoms with Crippen LogP contribution in [0.5, 0.6) is 0 Å². The summed E-state index contributed by atoms with van der Waals surface area (Å²) < 4.78 is 13.3. The first kappa shape index (κ1) is 11.3. The number of thiophene rings is 1. The van der Waals surface area contributed by atoms with Crippen molar-refractivity contribution in [2.24, 2.45) is 0 Å². The van der Waals surface area contributed by atoms with Gasteiger partial charge in [0, 0.05) is 28.4 Å². The topological polar surface area (TPSA) is 12.0 Å². The monoisotopic (exact) mass is 235 g/mol. The van der Waals surface area contributed by atoms with E-state index in [4.69, 9.17) is 0 Å². The van der Waals surface area contributed by atoms with E-state index in [1.165, 1.54) is 15.8 Å². The van der Waals surface area contributed by atoms with Crippen LogP contribution in [0.15, 0.2) is 36.4 Å². The SMILES string of the molecule is Cc1ccc(CNCc2ccccc2F)s1. The Labute approximate surface area is 98.9 Å². The number of rotatable bonds is 4. The molecule has 1 aromatic heterocycles. The molecule has 0 amide bonds. The van der Waals surface area contributed by atoms with Crippen molar-refractivity contribution >= 4 is 11.3 Å². The van der Waals surface area contributed by atoms with E-state index >= 15 is 0 Å². The molecule has 1 N–H and O–H groups in total. The summed E-state index contributed by atoms with van der Waals surface area (Å²) in [7, 11) is 0. The van der Waals surface area contributed by atoms with Gasteiger partial charge in [-0.1, -0.05) is 18.2 Å². The molecular formula is C13H14FNS. The number of hydrogen-bond donors (Lipinski definition) is 1. The van der Waals surface area contributed by atoms with Crippen molar-refractivity contribution in [3.05, 3.63) is 57.5 Å². The highest BCUT2D eigenvalue weighted by Crippen LogP contribution is 2.14. The Morgan fingerprint density at radius 3 is 2.62 bits per heavy atom. The van der Waals surface area contributed by atoms with Crippen LogP contribution in [-0.2, 0) is 13.1 Å². The number of benzene rings is 1. The van der Waals surface area contributed by atoms with Gasteiger partial charge in [0.1, 0.15) is 5.82 Å². The second-order valence-corrected chi connectivity index (χ2v) is 5.08. The highest BCUT2D eigenvalue weighted by Gasteiger charge is 2.00. The molecule has 0 aliphatic carbocycles. The van der Waals surface area contributed by atoms with Gasteiger partial charge in [-0.2, -0.15) is 0 Å². The van der Waals surface area contributed by atoms with Crippen molar-refractivity contribution in [1.29, 1.82) is 0 Å². The zero-order chi connectivity index (χ0) is 11.4. The van der Waals surface area contributed by atoms with Gasteiger partial charge >= 0.3 is 0 Å². The molecule has 0 unspecified atom stereocenters. The van der Waals surface area contributed by atoms with Crippen LogP contribution in [0.2, 0.25) is 0 Å². The van der Waals surface area contributed by atoms with Crippen molar-refractivity contribution in [2.45, 2.75) is 20.0 Å². The van der Waals surface area contributed by atoms with Crippen molar-refractivity contribution in [1.82, 2.24) is 5.32 Å². The second-order valence-electron chi connectivity index (χ2n) is 3.71. The van der Waals surface area contributed by atoms with Crippen LogP contribution in [0, 0.1) is 12.7 Å². The van der Waals surface area contributed by atoms with Gasteiger partial charge in [0.05, 0.1) is 0 Å². The average Bonchev–Trinajstić information content (AvgIpc) is 2.67. The lowest BCUT2D eigenvalue weighted by molar-refractivity contribution is 0.589. The van der Waals surface area contributed by atoms with Crippen molar-refractivity contribution in [3.8, 4) is 0 Å². The molecule has 1 heterocycles. The van der Waals surface area contributed by atoms with Gasteiger partial charge in [-0.25, -0.2) is 4.39 Å². The summed E-state index contributed by atoms with van der Waals surface area (Å²) in [5, 5.41) is 3.24. The second kappa shape index (κ2) is 5.23. The lowest BCUT2D eigenvalue weighted by Crippen LogP contribution is -2.12. The van der Waals surface area contributed by atoms with E-state index in [1.807, 2.05) is 12.1 Å². The zero-order valence-electron chi connectivity index (χ0n) is 9.16. The third-order valence-electron chi connectivity index (χ3n) is 2.37. The largest absolute Gasteiger partial charge is 0.308 e. The molecule has 0 saturated heterocycles. The highest BCUT2D eigenvalue weighted by atomic mass is 32.1. The lowest BCUT2D eigenvalue weighted by Gasteiger charge is -2.04. The molecule has 84 valence electrons. The van der Waals surface area contributed by atoms with Crippen LogP contribution in [0.4, 0.5) is 4.39 Å². The molecule has 0 spiro atoms. The van der Waals surface area contributed by atoms with Crippen LogP contribution in [-0.4, -0.2) is 0 Å². The van der Waals surface area contributed by atoms with E-state index in [1.54, 1.807) is 17.4 Å². The van der Waals surface area contributed by atoms with Gasteiger partial charge in [0.25, 0.3) is 0 Å². The zero-order valence-corrected chi connectivity index (χ0v) is 9.98. The van der Waals surface area contributed by atoms with Gasteiger partial charge in [-0.3, -0.25) is 0 Å². The Morgan fingerprint density at radius 2 is 1.94 bits per heavy atom. The minimum absolute atomic E-state index is 0.141. The van der Waals surface area contributed by atoms with E-state index in [9.17, 15) is 4.39 Å². The fraction of sp³-hybridized carbons (Fsp3) is 0.231. The molecule has 0 aliphatic rings. The Kier molecular flexibility index (Phi) is 3.70. The molecule has 0 fully saturated rings. The van der Waals surface area contributed by atoms with Gasteiger partial charge in [0.15, 0.2) is 0 Å². The molecule has 0 saturated carbocycles. The van der Waals surface area contributed by atoms with E-state index < -0.39 is 0 Å². The summed E-state index contributed by atoms with van der Waals surface area (Å²) in [4.78, 5) is 2.59. The molecular weight excluding hydrogens is 221 g/mol. The summed E-state index contributed by atoms with van der Waals surface area (Å²) in [5.41, 5.74) is 0.718. The molecule has 16 heavy (non-hydrogen) atoms. The third kappa shape index (κ3) is 2.90. The average molecular weight is 235 g/mol. The molecule has 3 heteroatoms. The van der Waals surface area contributed by atoms with Crippen LogP contribution in [0.25, 0.3) is 0 Å². The first-order valence-corrected chi connectivity index (χ1v) is 6.07. The molecule has 1 nitrogen and oxygen atoms in total. The Hall–Kier alpha value is -1.19. The van der Waals surface area contributed by atoms with E-state index in [2.05, 4.69) is 24.4 Å². The summed E-state index contributed by atoms with van der Waals surface area (Å²) in [6.07, 6.45) is 0. The fourth-order valence-corrected chi connectivity index (χ4v) is 2.40. The Balaban J connectivity index is 1.87. The first-order chi connectivity index (χ1) is 7.75. The van der Waals surface area contributed by atoms with E-state index in [0.717, 1.165) is 12.1 Å². The predicted molar refractivity (Wildman–Crippen MR) is 66.0 cm³/mol.